The SMILES string of the molecule is CC1CCCCN(S(N)(=O)=O)C1. The van der Waals surface area contributed by atoms with Crippen LogP contribution in [-0.4, -0.2) is 25.8 Å². The Kier molecular flexibility index (Phi) is 3.09. The second-order valence-electron chi connectivity index (χ2n) is 3.50. The maximum atomic E-state index is 11.0. The molecular weight excluding hydrogens is 176 g/mol. The van der Waals surface area contributed by atoms with E-state index < -0.39 is 10.2 Å². The van der Waals surface area contributed by atoms with Crippen LogP contribution in [0, 0.1) is 5.92 Å². The lowest BCUT2D eigenvalue weighted by Gasteiger charge is -2.18. The summed E-state index contributed by atoms with van der Waals surface area (Å²) >= 11 is 0. The fourth-order valence-corrected chi connectivity index (χ4v) is 2.39. The zero-order valence-electron chi connectivity index (χ0n) is 7.36. The fraction of sp³-hybridized carbons (Fsp3) is 1.00. The Balaban J connectivity index is 2.65. The van der Waals surface area contributed by atoms with E-state index in [0.29, 0.717) is 19.0 Å². The smallest absolute Gasteiger partial charge is 0.216 e. The molecule has 1 saturated heterocycles. The standard InChI is InChI=1S/C7H16N2O2S/c1-7-4-2-3-5-9(6-7)12(8,10)11/h7H,2-6H2,1H3,(H2,8,10,11). The van der Waals surface area contributed by atoms with E-state index in [1.807, 2.05) is 0 Å². The van der Waals surface area contributed by atoms with Gasteiger partial charge in [0.25, 0.3) is 10.2 Å². The molecule has 72 valence electrons. The molecule has 1 rings (SSSR count). The molecule has 1 fully saturated rings. The Labute approximate surface area is 73.9 Å². The lowest BCUT2D eigenvalue weighted by molar-refractivity contribution is 0.380. The highest BCUT2D eigenvalue weighted by Gasteiger charge is 2.21. The normalized spacial score (nSPS) is 28.3. The molecular formula is C7H16N2O2S. The Morgan fingerprint density at radius 2 is 2.08 bits per heavy atom. The van der Waals surface area contributed by atoms with Gasteiger partial charge in [0.05, 0.1) is 0 Å². The van der Waals surface area contributed by atoms with Gasteiger partial charge in [-0.3, -0.25) is 0 Å². The van der Waals surface area contributed by atoms with Gasteiger partial charge in [-0.25, -0.2) is 5.14 Å². The van der Waals surface area contributed by atoms with E-state index in [1.54, 1.807) is 0 Å². The van der Waals surface area contributed by atoms with Gasteiger partial charge in [0.1, 0.15) is 0 Å². The summed E-state index contributed by atoms with van der Waals surface area (Å²) in [6, 6.07) is 0. The molecule has 0 spiro atoms. The van der Waals surface area contributed by atoms with Crippen LogP contribution in [0.25, 0.3) is 0 Å². The van der Waals surface area contributed by atoms with Gasteiger partial charge >= 0.3 is 0 Å². The van der Waals surface area contributed by atoms with Crippen molar-refractivity contribution < 1.29 is 8.42 Å². The number of nitrogens with two attached hydrogens (primary N) is 1. The van der Waals surface area contributed by atoms with Crippen LogP contribution in [-0.2, 0) is 10.2 Å². The highest BCUT2D eigenvalue weighted by Crippen LogP contribution is 2.16. The number of rotatable bonds is 1. The van der Waals surface area contributed by atoms with Crippen LogP contribution < -0.4 is 5.14 Å². The third-order valence-electron chi connectivity index (χ3n) is 2.23. The first-order valence-corrected chi connectivity index (χ1v) is 5.78. The average Bonchev–Trinajstić information content (AvgIpc) is 2.11. The van der Waals surface area contributed by atoms with Crippen LogP contribution in [0.3, 0.4) is 0 Å². The number of hydrogen-bond donors (Lipinski definition) is 1. The molecule has 12 heavy (non-hydrogen) atoms. The molecule has 1 aliphatic rings. The average molecular weight is 192 g/mol. The Morgan fingerprint density at radius 1 is 1.42 bits per heavy atom. The predicted molar refractivity (Wildman–Crippen MR) is 47.7 cm³/mol. The maximum Gasteiger partial charge on any atom is 0.276 e. The lowest BCUT2D eigenvalue weighted by atomic mass is 10.1. The van der Waals surface area contributed by atoms with Gasteiger partial charge in [0.15, 0.2) is 0 Å². The van der Waals surface area contributed by atoms with Crippen molar-refractivity contribution in [3.63, 3.8) is 0 Å². The molecule has 1 aliphatic heterocycles. The molecule has 0 aliphatic carbocycles. The summed E-state index contributed by atoms with van der Waals surface area (Å²) in [7, 11) is -3.45. The molecule has 0 radical (unpaired) electrons. The minimum absolute atomic E-state index is 0.436. The lowest BCUT2D eigenvalue weighted by Crippen LogP contribution is -2.38. The first-order valence-electron chi connectivity index (χ1n) is 4.28. The summed E-state index contributed by atoms with van der Waals surface area (Å²) < 4.78 is 23.4. The Morgan fingerprint density at radius 3 is 2.67 bits per heavy atom. The van der Waals surface area contributed by atoms with E-state index in [9.17, 15) is 8.42 Å². The van der Waals surface area contributed by atoms with Gasteiger partial charge in [0.2, 0.25) is 0 Å². The van der Waals surface area contributed by atoms with Crippen LogP contribution in [0.5, 0.6) is 0 Å². The second-order valence-corrected chi connectivity index (χ2v) is 5.05. The first kappa shape index (κ1) is 9.95. The highest BCUT2D eigenvalue weighted by molar-refractivity contribution is 7.86. The topological polar surface area (TPSA) is 63.4 Å². The molecule has 0 aromatic rings. The van der Waals surface area contributed by atoms with E-state index in [4.69, 9.17) is 5.14 Å². The summed E-state index contributed by atoms with van der Waals surface area (Å²) in [6.07, 6.45) is 3.14. The summed E-state index contributed by atoms with van der Waals surface area (Å²) in [5.41, 5.74) is 0. The molecule has 4 nitrogen and oxygen atoms in total. The van der Waals surface area contributed by atoms with E-state index in [2.05, 4.69) is 6.92 Å². The quantitative estimate of drug-likeness (QED) is 0.650. The molecule has 2 N–H and O–H groups in total. The van der Waals surface area contributed by atoms with Crippen molar-refractivity contribution >= 4 is 10.2 Å². The van der Waals surface area contributed by atoms with Crippen molar-refractivity contribution in [1.29, 1.82) is 0 Å². The minimum Gasteiger partial charge on any atom is -0.216 e. The number of hydrogen-bond acceptors (Lipinski definition) is 2. The van der Waals surface area contributed by atoms with Crippen molar-refractivity contribution in [1.82, 2.24) is 4.31 Å². The van der Waals surface area contributed by atoms with Gasteiger partial charge in [0, 0.05) is 13.1 Å². The van der Waals surface area contributed by atoms with Crippen molar-refractivity contribution in [2.24, 2.45) is 11.1 Å². The van der Waals surface area contributed by atoms with Gasteiger partial charge in [-0.15, -0.1) is 0 Å². The molecule has 0 aromatic carbocycles. The largest absolute Gasteiger partial charge is 0.276 e. The van der Waals surface area contributed by atoms with E-state index >= 15 is 0 Å². The third-order valence-corrected chi connectivity index (χ3v) is 3.28. The van der Waals surface area contributed by atoms with Crippen LogP contribution in [0.2, 0.25) is 0 Å². The van der Waals surface area contributed by atoms with E-state index in [-0.39, 0.29) is 0 Å². The summed E-state index contributed by atoms with van der Waals surface area (Å²) in [5, 5.41) is 5.04. The molecule has 0 bridgehead atoms. The summed E-state index contributed by atoms with van der Waals surface area (Å²) in [6.45, 7) is 3.23. The van der Waals surface area contributed by atoms with E-state index in [1.165, 1.54) is 4.31 Å². The van der Waals surface area contributed by atoms with Crippen LogP contribution in [0.1, 0.15) is 26.2 Å². The first-order chi connectivity index (χ1) is 5.50. The van der Waals surface area contributed by atoms with Crippen molar-refractivity contribution in [2.75, 3.05) is 13.1 Å². The third kappa shape index (κ3) is 2.73. The zero-order chi connectivity index (χ0) is 9.19. The van der Waals surface area contributed by atoms with Crippen LogP contribution in [0.15, 0.2) is 0 Å². The van der Waals surface area contributed by atoms with Gasteiger partial charge < -0.3 is 0 Å². The molecule has 5 heteroatoms. The van der Waals surface area contributed by atoms with Crippen molar-refractivity contribution in [3.05, 3.63) is 0 Å². The molecule has 0 aromatic heterocycles. The van der Waals surface area contributed by atoms with E-state index in [0.717, 1.165) is 19.3 Å². The van der Waals surface area contributed by atoms with Gasteiger partial charge in [-0.05, 0) is 18.8 Å². The van der Waals surface area contributed by atoms with Gasteiger partial charge in [-0.1, -0.05) is 13.3 Å². The van der Waals surface area contributed by atoms with Gasteiger partial charge in [-0.2, -0.15) is 12.7 Å². The summed E-state index contributed by atoms with van der Waals surface area (Å²) in [5.74, 6) is 0.436. The van der Waals surface area contributed by atoms with Crippen molar-refractivity contribution in [2.45, 2.75) is 26.2 Å². The monoisotopic (exact) mass is 192 g/mol. The Bertz CT molecular complexity index is 238. The number of nitrogens with zero attached hydrogens (tertiary/aromatic N) is 1. The predicted octanol–water partition coefficient (Wildman–Crippen LogP) is 0.312. The zero-order valence-corrected chi connectivity index (χ0v) is 8.18. The molecule has 0 saturated carbocycles. The second kappa shape index (κ2) is 3.72. The molecule has 0 amide bonds. The maximum absolute atomic E-state index is 11.0. The summed E-state index contributed by atoms with van der Waals surface area (Å²) in [4.78, 5) is 0. The molecule has 1 atom stereocenters. The molecule has 1 heterocycles. The van der Waals surface area contributed by atoms with Crippen LogP contribution >= 0.6 is 0 Å². The van der Waals surface area contributed by atoms with Crippen LogP contribution in [0.4, 0.5) is 0 Å². The Hall–Kier alpha value is -0.130. The van der Waals surface area contributed by atoms with Crippen molar-refractivity contribution in [3.8, 4) is 0 Å². The molecule has 1 unspecified atom stereocenters. The fourth-order valence-electron chi connectivity index (χ4n) is 1.54. The highest BCUT2D eigenvalue weighted by atomic mass is 32.2. The minimum atomic E-state index is -3.45.